The number of nitrogens with one attached hydrogen (secondary N) is 4. The van der Waals surface area contributed by atoms with Crippen LogP contribution in [0.2, 0.25) is 0 Å². The van der Waals surface area contributed by atoms with Gasteiger partial charge in [0.1, 0.15) is 17.6 Å². The third-order valence-corrected chi connectivity index (χ3v) is 9.45. The summed E-state index contributed by atoms with van der Waals surface area (Å²) in [4.78, 5) is 88.3. The maximum absolute atomic E-state index is 14.0. The zero-order valence-corrected chi connectivity index (χ0v) is 29.5. The summed E-state index contributed by atoms with van der Waals surface area (Å²) in [5.41, 5.74) is 5.25. The second kappa shape index (κ2) is 18.8. The molecule has 0 unspecified atom stereocenters. The first kappa shape index (κ1) is 40.9. The molecular formula is C38H45N5O11. The Labute approximate surface area is 310 Å². The number of aliphatic hydroxyl groups is 2. The van der Waals surface area contributed by atoms with Crippen molar-refractivity contribution in [3.8, 4) is 0 Å². The van der Waals surface area contributed by atoms with Crippen LogP contribution in [0.15, 0.2) is 66.7 Å². The molecule has 3 aromatic rings. The number of aliphatic carboxylic acids is 2. The van der Waals surface area contributed by atoms with E-state index in [1.54, 1.807) is 0 Å². The molecule has 0 spiro atoms. The summed E-state index contributed by atoms with van der Waals surface area (Å²) in [5, 5.41) is 50.0. The van der Waals surface area contributed by atoms with Crippen LogP contribution in [0.1, 0.15) is 67.6 Å². The third kappa shape index (κ3) is 10.8. The van der Waals surface area contributed by atoms with E-state index in [4.69, 9.17) is 5.73 Å². The van der Waals surface area contributed by atoms with Crippen LogP contribution in [0.5, 0.6) is 0 Å². The van der Waals surface area contributed by atoms with Crippen molar-refractivity contribution in [2.45, 2.75) is 87.6 Å². The highest BCUT2D eigenvalue weighted by Crippen LogP contribution is 2.29. The molecule has 0 bridgehead atoms. The van der Waals surface area contributed by atoms with Gasteiger partial charge in [0.15, 0.2) is 5.92 Å². The Hall–Kier alpha value is -5.87. The van der Waals surface area contributed by atoms with E-state index in [1.807, 2.05) is 42.5 Å². The Balaban J connectivity index is 1.47. The number of hydrogen-bond donors (Lipinski definition) is 9. The minimum atomic E-state index is -2.48. The summed E-state index contributed by atoms with van der Waals surface area (Å²) in [6.07, 6.45) is -0.0106. The second-order valence-corrected chi connectivity index (χ2v) is 13.4. The summed E-state index contributed by atoms with van der Waals surface area (Å²) in [7, 11) is 0. The molecule has 1 saturated carbocycles. The van der Waals surface area contributed by atoms with Crippen molar-refractivity contribution < 1.29 is 54.0 Å². The number of primary amides is 1. The van der Waals surface area contributed by atoms with Crippen LogP contribution in [0.4, 0.5) is 0 Å². The van der Waals surface area contributed by atoms with E-state index in [1.165, 1.54) is 24.3 Å². The fourth-order valence-corrected chi connectivity index (χ4v) is 6.65. The Morgan fingerprint density at radius 1 is 0.741 bits per heavy atom. The van der Waals surface area contributed by atoms with Gasteiger partial charge in [0.25, 0.3) is 5.91 Å². The second-order valence-electron chi connectivity index (χ2n) is 13.4. The molecule has 16 nitrogen and oxygen atoms in total. The summed E-state index contributed by atoms with van der Waals surface area (Å²) in [6.45, 7) is 0.238. The van der Waals surface area contributed by atoms with E-state index in [-0.39, 0.29) is 31.4 Å². The minimum Gasteiger partial charge on any atom is -0.480 e. The lowest BCUT2D eigenvalue weighted by Crippen LogP contribution is -2.65. The zero-order chi connectivity index (χ0) is 39.4. The Morgan fingerprint density at radius 2 is 1.39 bits per heavy atom. The van der Waals surface area contributed by atoms with Gasteiger partial charge in [-0.1, -0.05) is 86.0 Å². The number of hydrogen-bond acceptors (Lipinski definition) is 9. The summed E-state index contributed by atoms with van der Waals surface area (Å²) in [5.74, 6) is -9.45. The molecule has 1 aliphatic rings. The Bertz CT molecular complexity index is 1840. The van der Waals surface area contributed by atoms with Crippen LogP contribution in [-0.2, 0) is 46.4 Å². The van der Waals surface area contributed by atoms with Crippen molar-refractivity contribution >= 4 is 52.2 Å². The average Bonchev–Trinajstić information content (AvgIpc) is 3.13. The number of aliphatic hydroxyl groups excluding tert-OH is 1. The van der Waals surface area contributed by atoms with E-state index < -0.39 is 77.7 Å². The molecule has 0 aliphatic heterocycles. The number of carbonyl (C=O) groups excluding carboxylic acids is 5. The zero-order valence-electron chi connectivity index (χ0n) is 29.5. The maximum Gasteiger partial charge on any atom is 0.322 e. The van der Waals surface area contributed by atoms with Gasteiger partial charge in [-0.2, -0.15) is 0 Å². The highest BCUT2D eigenvalue weighted by Gasteiger charge is 2.44. The molecule has 3 aromatic carbocycles. The van der Waals surface area contributed by atoms with E-state index >= 15 is 0 Å². The summed E-state index contributed by atoms with van der Waals surface area (Å²) >= 11 is 0. The number of nitrogens with two attached hydrogens (primary N) is 1. The van der Waals surface area contributed by atoms with Crippen molar-refractivity contribution in [3.05, 3.63) is 83.4 Å². The molecule has 0 radical (unpaired) electrons. The van der Waals surface area contributed by atoms with Crippen LogP contribution in [-0.4, -0.2) is 92.4 Å². The standard InChI is InChI=1S/C38H45N5O11/c39-29(44)21-28(31(45)40-19-7-11-24-10-6-9-23-8-2-3-12-26(23)24)42-37(54)38(17-4-1-5-18-38)43-32(46)27(41-33(47)36(52)53)20-22-13-15-25(16-14-22)30(34(48)49)35(50)51/h2-3,6,8-10,12-16,27-28,30,36,52-53H,1,4-5,7,11,17-21H2,(H2,39,44)(H,40,45)(H,41,47)(H,42,54)(H,43,46)(H,48,49)(H,50,51)/t27-,28-/m0/s1. The number of carboxylic acid groups (broad SMARTS) is 2. The quantitative estimate of drug-likeness (QED) is 0.0487. The maximum atomic E-state index is 14.0. The highest BCUT2D eigenvalue weighted by atomic mass is 16.5. The first-order valence-corrected chi connectivity index (χ1v) is 17.6. The Morgan fingerprint density at radius 3 is 2.02 bits per heavy atom. The molecule has 0 heterocycles. The van der Waals surface area contributed by atoms with E-state index in [0.29, 0.717) is 31.2 Å². The molecule has 2 atom stereocenters. The number of carboxylic acids is 2. The fourth-order valence-electron chi connectivity index (χ4n) is 6.65. The average molecular weight is 748 g/mol. The van der Waals surface area contributed by atoms with Crippen molar-refractivity contribution in [1.82, 2.24) is 21.3 Å². The van der Waals surface area contributed by atoms with Gasteiger partial charge in [0, 0.05) is 13.0 Å². The molecule has 4 rings (SSSR count). The molecule has 10 N–H and O–H groups in total. The van der Waals surface area contributed by atoms with Gasteiger partial charge in [-0.25, -0.2) is 0 Å². The van der Waals surface area contributed by atoms with Gasteiger partial charge >= 0.3 is 11.9 Å². The van der Waals surface area contributed by atoms with Crippen molar-refractivity contribution in [2.24, 2.45) is 5.73 Å². The first-order valence-electron chi connectivity index (χ1n) is 17.6. The molecular weight excluding hydrogens is 702 g/mol. The molecule has 54 heavy (non-hydrogen) atoms. The molecule has 16 heteroatoms. The molecule has 1 aliphatic carbocycles. The number of carbonyl (C=O) groups is 7. The van der Waals surface area contributed by atoms with E-state index in [9.17, 15) is 54.0 Å². The number of aryl methyl sites for hydroxylation is 1. The van der Waals surface area contributed by atoms with Crippen molar-refractivity contribution in [1.29, 1.82) is 0 Å². The van der Waals surface area contributed by atoms with Gasteiger partial charge in [-0.3, -0.25) is 33.6 Å². The molecule has 0 saturated heterocycles. The van der Waals surface area contributed by atoms with Crippen LogP contribution in [0.25, 0.3) is 10.8 Å². The fraction of sp³-hybridized carbons (Fsp3) is 0.395. The number of fused-ring (bicyclic) bond motifs is 1. The lowest BCUT2D eigenvalue weighted by atomic mass is 9.80. The lowest BCUT2D eigenvalue weighted by molar-refractivity contribution is -0.150. The predicted octanol–water partition coefficient (Wildman–Crippen LogP) is 0.359. The molecule has 0 aromatic heterocycles. The van der Waals surface area contributed by atoms with Crippen LogP contribution < -0.4 is 27.0 Å². The lowest BCUT2D eigenvalue weighted by Gasteiger charge is -2.38. The largest absolute Gasteiger partial charge is 0.480 e. The van der Waals surface area contributed by atoms with Gasteiger partial charge in [-0.15, -0.1) is 0 Å². The predicted molar refractivity (Wildman–Crippen MR) is 193 cm³/mol. The summed E-state index contributed by atoms with van der Waals surface area (Å²) in [6, 6.07) is 16.3. The number of benzene rings is 3. The molecule has 5 amide bonds. The highest BCUT2D eigenvalue weighted by molar-refractivity contribution is 5.99. The van der Waals surface area contributed by atoms with Crippen molar-refractivity contribution in [3.63, 3.8) is 0 Å². The van der Waals surface area contributed by atoms with Crippen LogP contribution >= 0.6 is 0 Å². The molecule has 1 fully saturated rings. The smallest absolute Gasteiger partial charge is 0.322 e. The van der Waals surface area contributed by atoms with Crippen LogP contribution in [0.3, 0.4) is 0 Å². The summed E-state index contributed by atoms with van der Waals surface area (Å²) < 4.78 is 0. The Kier molecular flexibility index (Phi) is 14.2. The molecule has 288 valence electrons. The van der Waals surface area contributed by atoms with Gasteiger partial charge in [0.05, 0.1) is 6.42 Å². The third-order valence-electron chi connectivity index (χ3n) is 9.45. The van der Waals surface area contributed by atoms with Crippen molar-refractivity contribution in [2.75, 3.05) is 6.54 Å². The number of rotatable bonds is 18. The van der Waals surface area contributed by atoms with Gasteiger partial charge < -0.3 is 47.4 Å². The minimum absolute atomic E-state index is 0.0493. The SMILES string of the molecule is NC(=O)C[C@H](NC(=O)C1(NC(=O)[C@H](Cc2ccc(C(C(=O)O)C(=O)O)cc2)NC(=O)C(O)O)CCCCC1)C(=O)NCCCc1cccc2ccccc12. The van der Waals surface area contributed by atoms with Crippen LogP contribution in [0, 0.1) is 0 Å². The van der Waals surface area contributed by atoms with Gasteiger partial charge in [0.2, 0.25) is 29.9 Å². The topological polar surface area (TPSA) is 275 Å². The number of amides is 5. The van der Waals surface area contributed by atoms with E-state index in [0.717, 1.165) is 22.8 Å². The monoisotopic (exact) mass is 747 g/mol. The van der Waals surface area contributed by atoms with Gasteiger partial charge in [-0.05, 0) is 53.1 Å². The van der Waals surface area contributed by atoms with E-state index in [2.05, 4.69) is 21.3 Å². The normalized spacial score (nSPS) is 14.8. The first-order chi connectivity index (χ1) is 25.7.